The molecule has 36 heavy (non-hydrogen) atoms. The second-order valence-corrected chi connectivity index (χ2v) is 10.6. The summed E-state index contributed by atoms with van der Waals surface area (Å²) in [4.78, 5) is 37.4. The lowest BCUT2D eigenvalue weighted by Crippen LogP contribution is -2.68. The minimum atomic E-state index is -0.887. The van der Waals surface area contributed by atoms with Crippen LogP contribution in [0.1, 0.15) is 40.0 Å². The molecule has 1 N–H and O–H groups in total. The molecule has 7 atom stereocenters. The molecule has 2 bridgehead atoms. The molecule has 5 aliphatic rings. The van der Waals surface area contributed by atoms with E-state index in [4.69, 9.17) is 23.7 Å². The molecule has 3 fully saturated rings. The monoisotopic (exact) mass is 500 g/mol. The minimum absolute atomic E-state index is 0.0446. The average molecular weight is 501 g/mol. The number of epoxide rings is 1. The molecular weight excluding hydrogens is 468 g/mol. The van der Waals surface area contributed by atoms with Crippen molar-refractivity contribution in [3.05, 3.63) is 47.6 Å². The average Bonchev–Trinajstić information content (AvgIpc) is 3.59. The van der Waals surface area contributed by atoms with E-state index in [0.29, 0.717) is 25.0 Å². The summed E-state index contributed by atoms with van der Waals surface area (Å²) in [5, 5.41) is 10.9. The van der Waals surface area contributed by atoms with Crippen LogP contribution in [0.5, 0.6) is 0 Å². The molecule has 1 saturated carbocycles. The van der Waals surface area contributed by atoms with Crippen molar-refractivity contribution in [2.24, 2.45) is 10.8 Å². The van der Waals surface area contributed by atoms with E-state index in [9.17, 15) is 19.5 Å². The Kier molecular flexibility index (Phi) is 6.21. The van der Waals surface area contributed by atoms with Crippen LogP contribution in [0.3, 0.4) is 0 Å². The van der Waals surface area contributed by atoms with Gasteiger partial charge in [0.05, 0.1) is 36.9 Å². The fourth-order valence-corrected chi connectivity index (χ4v) is 6.46. The zero-order valence-corrected chi connectivity index (χ0v) is 20.7. The molecular formula is C27H32O9. The van der Waals surface area contributed by atoms with Crippen LogP contribution in [-0.2, 0) is 38.1 Å². The van der Waals surface area contributed by atoms with Crippen LogP contribution in [0.15, 0.2) is 47.6 Å². The van der Waals surface area contributed by atoms with Gasteiger partial charge in [-0.3, -0.25) is 0 Å². The highest BCUT2D eigenvalue weighted by Gasteiger charge is 2.83. The number of hydrogen-bond donors (Lipinski definition) is 1. The van der Waals surface area contributed by atoms with Crippen LogP contribution in [-0.4, -0.2) is 72.9 Å². The number of rotatable bonds is 0. The Morgan fingerprint density at radius 1 is 0.972 bits per heavy atom. The normalized spacial score (nSPS) is 46.1. The van der Waals surface area contributed by atoms with Crippen LogP contribution in [0.4, 0.5) is 0 Å². The third kappa shape index (κ3) is 3.84. The fraction of sp³-hybridized carbons (Fsp3) is 0.593. The first-order valence-electron chi connectivity index (χ1n) is 12.3. The van der Waals surface area contributed by atoms with E-state index < -0.39 is 52.7 Å². The SMILES string of the molecule is CC1=C[C@H]2O[C@@H]3C[C@H]4OC(=O)/C=C\C=C\C(=O)OCC/C(C)=C/C(=O)OC[C@@]2(C[C@@H]1O)[C@]4(C)[C@@]31CO1. The van der Waals surface area contributed by atoms with Gasteiger partial charge in [0.1, 0.15) is 18.3 Å². The van der Waals surface area contributed by atoms with E-state index in [2.05, 4.69) is 0 Å². The molecule has 3 heterocycles. The van der Waals surface area contributed by atoms with Crippen LogP contribution >= 0.6 is 0 Å². The Bertz CT molecular complexity index is 1080. The molecule has 2 aliphatic carbocycles. The van der Waals surface area contributed by atoms with E-state index in [-0.39, 0.29) is 25.7 Å². The van der Waals surface area contributed by atoms with Crippen molar-refractivity contribution in [1.82, 2.24) is 0 Å². The number of carbonyl (C=O) groups excluding carboxylic acids is 3. The fourth-order valence-electron chi connectivity index (χ4n) is 6.46. The summed E-state index contributed by atoms with van der Waals surface area (Å²) in [5.41, 5.74) is -0.880. The number of ether oxygens (including phenoxy) is 5. The lowest BCUT2D eigenvalue weighted by Gasteiger charge is -2.58. The van der Waals surface area contributed by atoms with Gasteiger partial charge in [0, 0.05) is 36.5 Å². The van der Waals surface area contributed by atoms with Gasteiger partial charge in [-0.2, -0.15) is 0 Å². The van der Waals surface area contributed by atoms with Gasteiger partial charge in [0.25, 0.3) is 0 Å². The van der Waals surface area contributed by atoms with Crippen molar-refractivity contribution in [3.8, 4) is 0 Å². The number of carbonyl (C=O) groups is 3. The molecule has 5 rings (SSSR count). The maximum Gasteiger partial charge on any atom is 0.331 e. The van der Waals surface area contributed by atoms with Crippen molar-refractivity contribution >= 4 is 17.9 Å². The van der Waals surface area contributed by atoms with Crippen LogP contribution in [0.2, 0.25) is 0 Å². The first kappa shape index (κ1) is 24.9. The molecule has 9 heteroatoms. The molecule has 0 aromatic rings. The lowest BCUT2D eigenvalue weighted by atomic mass is 9.51. The molecule has 9 nitrogen and oxygen atoms in total. The topological polar surface area (TPSA) is 121 Å². The van der Waals surface area contributed by atoms with Gasteiger partial charge in [-0.05, 0) is 25.8 Å². The first-order valence-corrected chi connectivity index (χ1v) is 12.3. The summed E-state index contributed by atoms with van der Waals surface area (Å²) in [7, 11) is 0. The van der Waals surface area contributed by atoms with Crippen LogP contribution < -0.4 is 0 Å². The van der Waals surface area contributed by atoms with Crippen molar-refractivity contribution in [3.63, 3.8) is 0 Å². The number of aliphatic hydroxyl groups excluding tert-OH is 1. The van der Waals surface area contributed by atoms with E-state index in [0.717, 1.165) is 5.57 Å². The molecule has 0 aromatic carbocycles. The van der Waals surface area contributed by atoms with Gasteiger partial charge in [0.15, 0.2) is 0 Å². The van der Waals surface area contributed by atoms with E-state index in [1.165, 1.54) is 30.4 Å². The molecule has 2 spiro atoms. The highest BCUT2D eigenvalue weighted by molar-refractivity contribution is 5.85. The predicted octanol–water partition coefficient (Wildman–Crippen LogP) is 2.09. The summed E-state index contributed by atoms with van der Waals surface area (Å²) >= 11 is 0. The zero-order valence-electron chi connectivity index (χ0n) is 20.7. The van der Waals surface area contributed by atoms with Crippen LogP contribution in [0, 0.1) is 10.8 Å². The van der Waals surface area contributed by atoms with Gasteiger partial charge < -0.3 is 28.8 Å². The van der Waals surface area contributed by atoms with Crippen LogP contribution in [0.25, 0.3) is 0 Å². The van der Waals surface area contributed by atoms with E-state index in [1.54, 1.807) is 6.92 Å². The maximum absolute atomic E-state index is 12.8. The second-order valence-electron chi connectivity index (χ2n) is 10.6. The Hall–Kier alpha value is -2.75. The Morgan fingerprint density at radius 2 is 1.69 bits per heavy atom. The molecule has 0 aromatic heterocycles. The van der Waals surface area contributed by atoms with Crippen molar-refractivity contribution in [2.75, 3.05) is 19.8 Å². The molecule has 2 saturated heterocycles. The second kappa shape index (κ2) is 8.97. The zero-order chi connectivity index (χ0) is 25.7. The van der Waals surface area contributed by atoms with Gasteiger partial charge in [-0.1, -0.05) is 30.7 Å². The standard InChI is InChI=1S/C27H32O9/c1-16-8-9-32-22(29)6-4-5-7-23(30)36-19-12-21-27(15-34-27)25(19,3)26(14-33-24(31)10-16)13-18(28)17(2)11-20(26)35-21/h4-7,10-11,18-21,28H,8-9,12-15H2,1-3H3/b6-4+,7-5-,16-10+/t18-,19+,20+,21+,25+,26+,27+/m0/s1. The van der Waals surface area contributed by atoms with Crippen molar-refractivity contribution < 1.29 is 43.2 Å². The number of esters is 3. The van der Waals surface area contributed by atoms with Gasteiger partial charge in [-0.25, -0.2) is 14.4 Å². The van der Waals surface area contributed by atoms with E-state index in [1.807, 2.05) is 19.9 Å². The molecule has 0 amide bonds. The third-order valence-electron chi connectivity index (χ3n) is 8.73. The summed E-state index contributed by atoms with van der Waals surface area (Å²) in [6.07, 6.45) is 7.53. The Labute approximate surface area is 209 Å². The lowest BCUT2D eigenvalue weighted by molar-refractivity contribution is -0.238. The number of aliphatic hydroxyl groups is 1. The maximum atomic E-state index is 12.8. The molecule has 0 unspecified atom stereocenters. The summed E-state index contributed by atoms with van der Waals surface area (Å²) in [6.45, 7) is 6.10. The summed E-state index contributed by atoms with van der Waals surface area (Å²) in [5.74, 6) is -1.67. The number of allylic oxidation sites excluding steroid dienone is 2. The van der Waals surface area contributed by atoms with Gasteiger partial charge >= 0.3 is 17.9 Å². The Balaban J connectivity index is 1.55. The summed E-state index contributed by atoms with van der Waals surface area (Å²) in [6, 6.07) is 0. The van der Waals surface area contributed by atoms with Gasteiger partial charge in [0.2, 0.25) is 0 Å². The van der Waals surface area contributed by atoms with Crippen molar-refractivity contribution in [2.45, 2.75) is 70.1 Å². The number of cyclic esters (lactones) is 2. The molecule has 3 aliphatic heterocycles. The highest BCUT2D eigenvalue weighted by Crippen LogP contribution is 2.72. The summed E-state index contributed by atoms with van der Waals surface area (Å²) < 4.78 is 29.5. The highest BCUT2D eigenvalue weighted by atomic mass is 16.6. The minimum Gasteiger partial charge on any atom is -0.462 e. The number of hydrogen-bond acceptors (Lipinski definition) is 9. The predicted molar refractivity (Wildman–Crippen MR) is 125 cm³/mol. The largest absolute Gasteiger partial charge is 0.462 e. The smallest absolute Gasteiger partial charge is 0.331 e. The molecule has 194 valence electrons. The Morgan fingerprint density at radius 3 is 2.42 bits per heavy atom. The van der Waals surface area contributed by atoms with E-state index >= 15 is 0 Å². The van der Waals surface area contributed by atoms with Gasteiger partial charge in [-0.15, -0.1) is 0 Å². The van der Waals surface area contributed by atoms with Crippen molar-refractivity contribution in [1.29, 1.82) is 0 Å². The molecule has 0 radical (unpaired) electrons. The third-order valence-corrected chi connectivity index (χ3v) is 8.73. The first-order chi connectivity index (χ1) is 17.1. The quantitative estimate of drug-likeness (QED) is 0.231.